The molecule has 1 aromatic carbocycles. The first-order valence-corrected chi connectivity index (χ1v) is 5.61. The molecule has 15 heavy (non-hydrogen) atoms. The van der Waals surface area contributed by atoms with Crippen molar-refractivity contribution < 1.29 is 0 Å². The van der Waals surface area contributed by atoms with Crippen molar-refractivity contribution in [3.63, 3.8) is 0 Å². The predicted molar refractivity (Wildman–Crippen MR) is 68.6 cm³/mol. The summed E-state index contributed by atoms with van der Waals surface area (Å²) in [6.45, 7) is 0. The molecule has 0 amide bonds. The molecule has 2 rings (SSSR count). The molecule has 0 saturated heterocycles. The maximum atomic E-state index is 4.23. The first kappa shape index (κ1) is 10.8. The van der Waals surface area contributed by atoms with Crippen molar-refractivity contribution in [2.24, 2.45) is 0 Å². The fourth-order valence-electron chi connectivity index (χ4n) is 1.43. The molecule has 75 valence electrons. The molecule has 0 nitrogen and oxygen atoms in total. The van der Waals surface area contributed by atoms with Gasteiger partial charge in [-0.3, -0.25) is 0 Å². The monoisotopic (exact) mass is 213 g/mol. The Bertz CT molecular complexity index is 318. The van der Waals surface area contributed by atoms with Crippen LogP contribution in [0.4, 0.5) is 0 Å². The van der Waals surface area contributed by atoms with Crippen molar-refractivity contribution in [2.75, 3.05) is 0 Å². The molecule has 0 atom stereocenters. The van der Waals surface area contributed by atoms with Gasteiger partial charge in [-0.25, -0.2) is 0 Å². The number of rotatable bonds is 3. The van der Waals surface area contributed by atoms with Crippen LogP contribution >= 0.6 is 12.6 Å². The zero-order valence-electron chi connectivity index (χ0n) is 8.43. The second kappa shape index (κ2) is 5.41. The lowest BCUT2D eigenvalue weighted by Gasteiger charge is -2.00. The van der Waals surface area contributed by atoms with E-state index in [0.29, 0.717) is 0 Å². The minimum absolute atomic E-state index is 0.798. The van der Waals surface area contributed by atoms with E-state index in [0.717, 1.165) is 5.75 Å². The molecule has 0 heterocycles. The van der Waals surface area contributed by atoms with Crippen LogP contribution in [0.25, 0.3) is 6.08 Å². The summed E-state index contributed by atoms with van der Waals surface area (Å²) < 4.78 is 0. The second-order valence-electron chi connectivity index (χ2n) is 3.45. The van der Waals surface area contributed by atoms with E-state index in [4.69, 9.17) is 0 Å². The molecule has 0 spiro atoms. The third-order valence-corrected chi connectivity index (χ3v) is 2.68. The number of thiol groups is 1. The highest BCUT2D eigenvalue weighted by molar-refractivity contribution is 7.79. The Hall–Kier alpha value is -0.690. The van der Waals surface area contributed by atoms with Gasteiger partial charge in [-0.15, -0.1) is 0 Å². The fourth-order valence-corrected chi connectivity index (χ4v) is 1.64. The average molecular weight is 213 g/mol. The van der Waals surface area contributed by atoms with E-state index in [1.165, 1.54) is 17.0 Å². The molecule has 1 heteroatoms. The molecule has 1 saturated carbocycles. The minimum Gasteiger partial charge on any atom is -0.175 e. The molecule has 1 aromatic rings. The van der Waals surface area contributed by atoms with E-state index in [2.05, 4.69) is 61.9 Å². The zero-order valence-corrected chi connectivity index (χ0v) is 9.32. The molecule has 1 aliphatic rings. The van der Waals surface area contributed by atoms with Gasteiger partial charge in [0.25, 0.3) is 0 Å². The summed E-state index contributed by atoms with van der Waals surface area (Å²) in [5.41, 5.74) is 2.48. The van der Waals surface area contributed by atoms with Gasteiger partial charge in [0.2, 0.25) is 0 Å². The highest BCUT2D eigenvalue weighted by Crippen LogP contribution is 2.24. The Morgan fingerprint density at radius 2 is 1.60 bits per heavy atom. The molecule has 5 radical (unpaired) electrons. The first-order chi connectivity index (χ1) is 7.38. The second-order valence-corrected chi connectivity index (χ2v) is 3.77. The third-order valence-electron chi connectivity index (χ3n) is 2.32. The van der Waals surface area contributed by atoms with Crippen molar-refractivity contribution in [1.29, 1.82) is 0 Å². The van der Waals surface area contributed by atoms with Gasteiger partial charge in [0, 0.05) is 11.7 Å². The maximum Gasteiger partial charge on any atom is 0.0154 e. The summed E-state index contributed by atoms with van der Waals surface area (Å²) in [5, 5.41) is 0. The van der Waals surface area contributed by atoms with Crippen LogP contribution in [-0.4, -0.2) is 0 Å². The van der Waals surface area contributed by atoms with E-state index in [9.17, 15) is 0 Å². The Balaban J connectivity index is 1.97. The number of hydrogen-bond donors (Lipinski definition) is 1. The Morgan fingerprint density at radius 3 is 2.20 bits per heavy atom. The molecule has 1 aliphatic carbocycles. The Kier molecular flexibility index (Phi) is 3.90. The van der Waals surface area contributed by atoms with E-state index in [1.807, 2.05) is 12.8 Å². The lowest BCUT2D eigenvalue weighted by molar-refractivity contribution is 1.38. The molecular weight excluding hydrogens is 200 g/mol. The number of allylic oxidation sites excluding steroid dienone is 1. The average Bonchev–Trinajstić information content (AvgIpc) is 2.80. The van der Waals surface area contributed by atoms with Crippen LogP contribution in [0, 0.1) is 31.6 Å². The summed E-state index contributed by atoms with van der Waals surface area (Å²) in [6.07, 6.45) is 12.5. The van der Waals surface area contributed by atoms with Crippen LogP contribution in [0.1, 0.15) is 11.1 Å². The number of hydrogen-bond acceptors (Lipinski definition) is 1. The summed E-state index contributed by atoms with van der Waals surface area (Å²) in [6, 6.07) is 8.45. The molecular formula is C14H13S. The van der Waals surface area contributed by atoms with Gasteiger partial charge in [-0.2, -0.15) is 12.6 Å². The predicted octanol–water partition coefficient (Wildman–Crippen LogP) is 3.53. The van der Waals surface area contributed by atoms with Crippen LogP contribution in [0.3, 0.4) is 0 Å². The fraction of sp³-hybridized carbons (Fsp3) is 0.0714. The van der Waals surface area contributed by atoms with E-state index in [-0.39, 0.29) is 0 Å². The van der Waals surface area contributed by atoms with Gasteiger partial charge >= 0.3 is 0 Å². The summed E-state index contributed by atoms with van der Waals surface area (Å²) >= 11 is 4.23. The molecule has 0 aliphatic heterocycles. The summed E-state index contributed by atoms with van der Waals surface area (Å²) in [5.74, 6) is 2.04. The highest BCUT2D eigenvalue weighted by atomic mass is 32.1. The van der Waals surface area contributed by atoms with Crippen molar-refractivity contribution >= 4 is 18.7 Å². The van der Waals surface area contributed by atoms with Gasteiger partial charge in [-0.1, -0.05) is 36.4 Å². The van der Waals surface area contributed by atoms with E-state index in [1.54, 1.807) is 0 Å². The highest BCUT2D eigenvalue weighted by Gasteiger charge is 2.12. The molecule has 0 aromatic heterocycles. The normalized spacial score (nSPS) is 17.7. The van der Waals surface area contributed by atoms with Crippen molar-refractivity contribution in [3.8, 4) is 0 Å². The van der Waals surface area contributed by atoms with Gasteiger partial charge in [0.15, 0.2) is 0 Å². The van der Waals surface area contributed by atoms with Crippen LogP contribution in [0.2, 0.25) is 0 Å². The molecule has 0 N–H and O–H groups in total. The maximum absolute atomic E-state index is 4.23. The molecule has 0 bridgehead atoms. The number of benzene rings is 1. The summed E-state index contributed by atoms with van der Waals surface area (Å²) in [4.78, 5) is 0. The SMILES string of the molecule is SCc1ccc(/C=C/[C]2[CH][CH][CH][CH]2)cc1. The molecule has 1 fully saturated rings. The van der Waals surface area contributed by atoms with E-state index >= 15 is 0 Å². The van der Waals surface area contributed by atoms with Gasteiger partial charge < -0.3 is 0 Å². The van der Waals surface area contributed by atoms with Crippen LogP contribution in [-0.2, 0) is 5.75 Å². The third kappa shape index (κ3) is 3.13. The minimum atomic E-state index is 0.798. The smallest absolute Gasteiger partial charge is 0.0154 e. The van der Waals surface area contributed by atoms with Crippen molar-refractivity contribution in [3.05, 3.63) is 73.1 Å². The largest absolute Gasteiger partial charge is 0.175 e. The van der Waals surface area contributed by atoms with Gasteiger partial charge in [-0.05, 0) is 36.8 Å². The van der Waals surface area contributed by atoms with Gasteiger partial charge in [0.05, 0.1) is 0 Å². The van der Waals surface area contributed by atoms with Crippen molar-refractivity contribution in [2.45, 2.75) is 5.75 Å². The quantitative estimate of drug-likeness (QED) is 0.729. The van der Waals surface area contributed by atoms with Crippen molar-refractivity contribution in [1.82, 2.24) is 0 Å². The first-order valence-electron chi connectivity index (χ1n) is 4.98. The lowest BCUT2D eigenvalue weighted by Crippen LogP contribution is -1.84. The lowest BCUT2D eigenvalue weighted by atomic mass is 10.1. The Labute approximate surface area is 97.8 Å². The van der Waals surface area contributed by atoms with Crippen LogP contribution < -0.4 is 0 Å². The zero-order chi connectivity index (χ0) is 10.5. The van der Waals surface area contributed by atoms with Crippen LogP contribution in [0.5, 0.6) is 0 Å². The van der Waals surface area contributed by atoms with Gasteiger partial charge in [0.1, 0.15) is 0 Å². The van der Waals surface area contributed by atoms with Crippen LogP contribution in [0.15, 0.2) is 30.3 Å². The van der Waals surface area contributed by atoms with E-state index < -0.39 is 0 Å². The topological polar surface area (TPSA) is 0 Å². The molecule has 0 unspecified atom stereocenters. The Morgan fingerprint density at radius 1 is 0.933 bits per heavy atom. The summed E-state index contributed by atoms with van der Waals surface area (Å²) in [7, 11) is 0. The standard InChI is InChI=1S/C14H13S/c15-11-14-9-7-13(8-10-14)6-5-12-3-1-2-4-12/h1-10,15H,11H2/b6-5+.